The first-order valence-corrected chi connectivity index (χ1v) is 6.83. The van der Waals surface area contributed by atoms with Crippen LogP contribution in [0.1, 0.15) is 5.82 Å². The van der Waals surface area contributed by atoms with Gasteiger partial charge in [-0.15, -0.1) is 0 Å². The van der Waals surface area contributed by atoms with Crippen molar-refractivity contribution in [3.05, 3.63) is 40.4 Å². The highest BCUT2D eigenvalue weighted by molar-refractivity contribution is 5.92. The molecule has 0 spiro atoms. The third kappa shape index (κ3) is 2.02. The fourth-order valence-corrected chi connectivity index (χ4v) is 2.61. The highest BCUT2D eigenvalue weighted by atomic mass is 16.5. The number of carbonyl (C=O) groups is 1. The molecule has 7 nitrogen and oxygen atoms in total. The minimum Gasteiger partial charge on any atom is -0.496 e. The lowest BCUT2D eigenvalue weighted by atomic mass is 10.2. The standard InChI is InChI=1S/C15H16N4O3/c1-9-17-18(8-14(20)16-2)15(21)12-7-10-11(19(9)12)5-4-6-13(10)22-3/h4-7H,8H2,1-3H3,(H,16,20). The third-order valence-electron chi connectivity index (χ3n) is 3.64. The Morgan fingerprint density at radius 1 is 1.36 bits per heavy atom. The first kappa shape index (κ1) is 14.1. The summed E-state index contributed by atoms with van der Waals surface area (Å²) < 4.78 is 8.30. The summed E-state index contributed by atoms with van der Waals surface area (Å²) in [7, 11) is 3.11. The van der Waals surface area contributed by atoms with Crippen LogP contribution in [0.15, 0.2) is 29.1 Å². The van der Waals surface area contributed by atoms with Crippen molar-refractivity contribution in [3.63, 3.8) is 0 Å². The van der Waals surface area contributed by atoms with Gasteiger partial charge in [-0.2, -0.15) is 5.10 Å². The fourth-order valence-electron chi connectivity index (χ4n) is 2.61. The topological polar surface area (TPSA) is 77.6 Å². The van der Waals surface area contributed by atoms with Crippen molar-refractivity contribution >= 4 is 22.3 Å². The Morgan fingerprint density at radius 2 is 2.14 bits per heavy atom. The first-order chi connectivity index (χ1) is 10.6. The van der Waals surface area contributed by atoms with Crippen LogP contribution in [0.5, 0.6) is 5.75 Å². The number of aromatic nitrogens is 3. The van der Waals surface area contributed by atoms with Crippen molar-refractivity contribution in [2.45, 2.75) is 13.5 Å². The van der Waals surface area contributed by atoms with Crippen molar-refractivity contribution in [1.29, 1.82) is 0 Å². The summed E-state index contributed by atoms with van der Waals surface area (Å²) in [6.07, 6.45) is 0. The van der Waals surface area contributed by atoms with Crippen LogP contribution in [0.25, 0.3) is 16.4 Å². The molecule has 3 rings (SSSR count). The number of hydrogen-bond acceptors (Lipinski definition) is 4. The molecule has 1 N–H and O–H groups in total. The summed E-state index contributed by atoms with van der Waals surface area (Å²) in [5.74, 6) is 1.05. The van der Waals surface area contributed by atoms with Gasteiger partial charge < -0.3 is 10.1 Å². The predicted molar refractivity (Wildman–Crippen MR) is 82.3 cm³/mol. The zero-order valence-electron chi connectivity index (χ0n) is 12.6. The van der Waals surface area contributed by atoms with Crippen LogP contribution >= 0.6 is 0 Å². The maximum atomic E-state index is 12.6. The van der Waals surface area contributed by atoms with Gasteiger partial charge in [-0.05, 0) is 25.1 Å². The van der Waals surface area contributed by atoms with E-state index in [2.05, 4.69) is 10.4 Å². The molecule has 0 fully saturated rings. The minimum atomic E-state index is -0.313. The highest BCUT2D eigenvalue weighted by Crippen LogP contribution is 2.28. The number of methoxy groups -OCH3 is 1. The molecule has 0 atom stereocenters. The summed E-state index contributed by atoms with van der Waals surface area (Å²) >= 11 is 0. The average molecular weight is 300 g/mol. The van der Waals surface area contributed by atoms with Crippen LogP contribution in [-0.4, -0.2) is 34.2 Å². The summed E-state index contributed by atoms with van der Waals surface area (Å²) in [5.41, 5.74) is 1.01. The predicted octanol–water partition coefficient (Wildman–Crippen LogP) is 0.712. The van der Waals surface area contributed by atoms with E-state index >= 15 is 0 Å². The molecule has 2 aromatic heterocycles. The lowest BCUT2D eigenvalue weighted by Gasteiger charge is -2.08. The number of hydrogen-bond donors (Lipinski definition) is 1. The number of carbonyl (C=O) groups excluding carboxylic acids is 1. The molecule has 0 saturated heterocycles. The molecule has 0 bridgehead atoms. The van der Waals surface area contributed by atoms with Crippen molar-refractivity contribution in [2.75, 3.05) is 14.2 Å². The number of rotatable bonds is 3. The third-order valence-corrected chi connectivity index (χ3v) is 3.64. The Hall–Kier alpha value is -2.83. The highest BCUT2D eigenvalue weighted by Gasteiger charge is 2.15. The number of fused-ring (bicyclic) bond motifs is 3. The van der Waals surface area contributed by atoms with E-state index in [0.717, 1.165) is 10.9 Å². The molecule has 1 amide bonds. The largest absolute Gasteiger partial charge is 0.496 e. The monoisotopic (exact) mass is 300 g/mol. The van der Waals surface area contributed by atoms with Gasteiger partial charge in [-0.1, -0.05) is 6.07 Å². The molecule has 0 unspecified atom stereocenters. The number of amides is 1. The number of benzene rings is 1. The van der Waals surface area contributed by atoms with Gasteiger partial charge in [-0.3, -0.25) is 14.0 Å². The van der Waals surface area contributed by atoms with Gasteiger partial charge in [0.25, 0.3) is 5.56 Å². The molecule has 3 aromatic rings. The minimum absolute atomic E-state index is 0.106. The average Bonchev–Trinajstić information content (AvgIpc) is 2.92. The lowest BCUT2D eigenvalue weighted by molar-refractivity contribution is -0.121. The molecular formula is C15H16N4O3. The first-order valence-electron chi connectivity index (χ1n) is 6.83. The molecule has 1 aromatic carbocycles. The van der Waals surface area contributed by atoms with Crippen molar-refractivity contribution in [2.24, 2.45) is 0 Å². The van der Waals surface area contributed by atoms with E-state index < -0.39 is 0 Å². The lowest BCUT2D eigenvalue weighted by Crippen LogP contribution is -2.33. The molecule has 7 heteroatoms. The van der Waals surface area contributed by atoms with E-state index in [4.69, 9.17) is 4.74 Å². The molecule has 0 saturated carbocycles. The second kappa shape index (κ2) is 5.18. The molecule has 22 heavy (non-hydrogen) atoms. The maximum Gasteiger partial charge on any atom is 0.291 e. The summed E-state index contributed by atoms with van der Waals surface area (Å²) in [5, 5.41) is 7.56. The SMILES string of the molecule is CNC(=O)Cn1nc(C)n2c(cc3c(OC)cccc32)c1=O. The molecule has 0 radical (unpaired) electrons. The second-order valence-corrected chi connectivity index (χ2v) is 4.94. The van der Waals surface area contributed by atoms with E-state index in [1.165, 1.54) is 11.7 Å². The maximum absolute atomic E-state index is 12.6. The Kier molecular flexibility index (Phi) is 3.32. The summed E-state index contributed by atoms with van der Waals surface area (Å²) in [6, 6.07) is 7.38. The van der Waals surface area contributed by atoms with Gasteiger partial charge in [0.2, 0.25) is 5.91 Å². The van der Waals surface area contributed by atoms with Gasteiger partial charge in [0.05, 0.1) is 12.6 Å². The second-order valence-electron chi connectivity index (χ2n) is 4.94. The van der Waals surface area contributed by atoms with Crippen LogP contribution in [0.4, 0.5) is 0 Å². The van der Waals surface area contributed by atoms with Gasteiger partial charge in [0, 0.05) is 12.4 Å². The number of nitrogens with zero attached hydrogens (tertiary/aromatic N) is 3. The van der Waals surface area contributed by atoms with E-state index in [-0.39, 0.29) is 18.0 Å². The zero-order chi connectivity index (χ0) is 15.9. The molecule has 0 aliphatic rings. The number of ether oxygens (including phenoxy) is 1. The van der Waals surface area contributed by atoms with Crippen LogP contribution in [-0.2, 0) is 11.3 Å². The zero-order valence-corrected chi connectivity index (χ0v) is 12.6. The molecule has 114 valence electrons. The van der Waals surface area contributed by atoms with Crippen LogP contribution < -0.4 is 15.6 Å². The number of likely N-dealkylation sites (N-methyl/N-ethyl adjacent to an activating group) is 1. The van der Waals surface area contributed by atoms with E-state index in [1.807, 2.05) is 18.2 Å². The van der Waals surface area contributed by atoms with Crippen molar-refractivity contribution < 1.29 is 9.53 Å². The van der Waals surface area contributed by atoms with Gasteiger partial charge in [0.1, 0.15) is 23.6 Å². The van der Waals surface area contributed by atoms with Crippen molar-refractivity contribution in [3.8, 4) is 5.75 Å². The Morgan fingerprint density at radius 3 is 2.82 bits per heavy atom. The van der Waals surface area contributed by atoms with E-state index in [0.29, 0.717) is 17.1 Å². The van der Waals surface area contributed by atoms with Crippen molar-refractivity contribution in [1.82, 2.24) is 19.5 Å². The quantitative estimate of drug-likeness (QED) is 0.773. The normalized spacial score (nSPS) is 11.0. The van der Waals surface area contributed by atoms with Gasteiger partial charge in [-0.25, -0.2) is 4.68 Å². The van der Waals surface area contributed by atoms with Crippen LogP contribution in [0, 0.1) is 6.92 Å². The smallest absolute Gasteiger partial charge is 0.291 e. The van der Waals surface area contributed by atoms with Crippen LogP contribution in [0.3, 0.4) is 0 Å². The number of aryl methyl sites for hydroxylation is 1. The molecule has 0 aliphatic carbocycles. The molecule has 0 aliphatic heterocycles. The number of nitrogens with one attached hydrogen (secondary N) is 1. The molecular weight excluding hydrogens is 284 g/mol. The Balaban J connectivity index is 2.35. The van der Waals surface area contributed by atoms with Gasteiger partial charge in [0.15, 0.2) is 0 Å². The van der Waals surface area contributed by atoms with E-state index in [9.17, 15) is 9.59 Å². The van der Waals surface area contributed by atoms with Crippen LogP contribution in [0.2, 0.25) is 0 Å². The Labute approximate surface area is 126 Å². The summed E-state index contributed by atoms with van der Waals surface area (Å²) in [6.45, 7) is 1.69. The van der Waals surface area contributed by atoms with E-state index in [1.54, 1.807) is 24.5 Å². The van der Waals surface area contributed by atoms with Gasteiger partial charge >= 0.3 is 0 Å². The molecule has 2 heterocycles. The Bertz CT molecular complexity index is 939. The summed E-state index contributed by atoms with van der Waals surface area (Å²) in [4.78, 5) is 24.1. The fraction of sp³-hybridized carbons (Fsp3) is 0.267.